The number of phenols is 1. The minimum atomic E-state index is -0.918. The summed E-state index contributed by atoms with van der Waals surface area (Å²) >= 11 is 0. The minimum absolute atomic E-state index is 0.0223. The molecule has 6 heterocycles. The van der Waals surface area contributed by atoms with Crippen LogP contribution in [0.15, 0.2) is 24.3 Å². The first-order valence-corrected chi connectivity index (χ1v) is 16.5. The fraction of sp³-hybridized carbons (Fsp3) is 0.472. The van der Waals surface area contributed by atoms with E-state index < -0.39 is 23.3 Å². The van der Waals surface area contributed by atoms with Gasteiger partial charge in [-0.1, -0.05) is 25.8 Å². The molecule has 8 rings (SSSR count). The molecule has 11 heteroatoms. The summed E-state index contributed by atoms with van der Waals surface area (Å²) < 4.78 is 53.0. The smallest absolute Gasteiger partial charge is 0.319 e. The van der Waals surface area contributed by atoms with E-state index in [0.29, 0.717) is 48.2 Å². The molecular formula is C36H37F3N6O2. The van der Waals surface area contributed by atoms with E-state index in [1.807, 2.05) is 0 Å². The minimum Gasteiger partial charge on any atom is -0.508 e. The Bertz CT molecular complexity index is 1970. The van der Waals surface area contributed by atoms with Gasteiger partial charge in [0.1, 0.15) is 41.4 Å². The second-order valence-corrected chi connectivity index (χ2v) is 13.7. The van der Waals surface area contributed by atoms with E-state index in [-0.39, 0.29) is 64.1 Å². The van der Waals surface area contributed by atoms with Gasteiger partial charge in [0.05, 0.1) is 22.2 Å². The van der Waals surface area contributed by atoms with Crippen LogP contribution in [0.1, 0.15) is 50.8 Å². The molecule has 2 N–H and O–H groups in total. The van der Waals surface area contributed by atoms with Crippen molar-refractivity contribution in [1.82, 2.24) is 25.2 Å². The number of phenolic OH excluding ortho intramolecular Hbond substituents is 1. The number of halogens is 3. The van der Waals surface area contributed by atoms with Gasteiger partial charge in [-0.25, -0.2) is 18.2 Å². The van der Waals surface area contributed by atoms with Crippen molar-refractivity contribution in [3.8, 4) is 35.4 Å². The van der Waals surface area contributed by atoms with Crippen molar-refractivity contribution in [2.24, 2.45) is 5.92 Å². The third-order valence-electron chi connectivity index (χ3n) is 10.9. The molecule has 5 atom stereocenters. The van der Waals surface area contributed by atoms with Crippen LogP contribution in [0.4, 0.5) is 19.0 Å². The number of ether oxygens (including phenoxy) is 1. The number of anilines is 1. The number of alkyl halides is 1. The van der Waals surface area contributed by atoms with Crippen molar-refractivity contribution in [3.05, 3.63) is 47.2 Å². The second-order valence-electron chi connectivity index (χ2n) is 13.7. The van der Waals surface area contributed by atoms with Gasteiger partial charge in [0.15, 0.2) is 5.82 Å². The van der Waals surface area contributed by atoms with E-state index in [1.54, 1.807) is 0 Å². The van der Waals surface area contributed by atoms with E-state index >= 15 is 8.78 Å². The molecule has 2 aromatic carbocycles. The number of nitrogens with one attached hydrogen (secondary N) is 1. The Labute approximate surface area is 271 Å². The third kappa shape index (κ3) is 4.79. The molecule has 4 aliphatic rings. The zero-order valence-electron chi connectivity index (χ0n) is 26.5. The number of piperazine rings is 1. The Hall–Kier alpha value is -4.14. The van der Waals surface area contributed by atoms with Crippen molar-refractivity contribution in [3.63, 3.8) is 0 Å². The largest absolute Gasteiger partial charge is 0.508 e. The summed E-state index contributed by atoms with van der Waals surface area (Å²) in [4.78, 5) is 18.9. The predicted octanol–water partition coefficient (Wildman–Crippen LogP) is 5.51. The lowest BCUT2D eigenvalue weighted by atomic mass is 9.92. The molecule has 0 amide bonds. The van der Waals surface area contributed by atoms with E-state index in [2.05, 4.69) is 39.9 Å². The van der Waals surface area contributed by atoms with Crippen LogP contribution in [-0.4, -0.2) is 81.5 Å². The Kier molecular flexibility index (Phi) is 7.22. The predicted molar refractivity (Wildman–Crippen MR) is 174 cm³/mol. The first-order valence-electron chi connectivity index (χ1n) is 16.5. The maximum Gasteiger partial charge on any atom is 0.319 e. The van der Waals surface area contributed by atoms with Crippen molar-refractivity contribution in [1.29, 1.82) is 0 Å². The van der Waals surface area contributed by atoms with Crippen LogP contribution in [0, 0.1) is 29.9 Å². The number of terminal acetylenes is 1. The lowest BCUT2D eigenvalue weighted by Crippen LogP contribution is -2.58. The SMILES string of the molecule is C#Cc1c(F)ccc2cc(O)cc(-c3nc4c5c(nc(OC[C@@]67CCCN6C[C@H](F)C7)nc5c3F)N3C[C@@H](CC)NC[C@@H]3[C@@H](C)C4)c12. The van der Waals surface area contributed by atoms with E-state index in [4.69, 9.17) is 21.1 Å². The molecule has 0 saturated carbocycles. The molecular weight excluding hydrogens is 605 g/mol. The van der Waals surface area contributed by atoms with Gasteiger partial charge < -0.3 is 20.1 Å². The summed E-state index contributed by atoms with van der Waals surface area (Å²) in [5.74, 6) is 1.59. The quantitative estimate of drug-likeness (QED) is 0.276. The molecule has 47 heavy (non-hydrogen) atoms. The van der Waals surface area contributed by atoms with Crippen LogP contribution >= 0.6 is 0 Å². The summed E-state index contributed by atoms with van der Waals surface area (Å²) in [5, 5.41) is 15.6. The molecule has 2 aromatic heterocycles. The van der Waals surface area contributed by atoms with Crippen LogP contribution < -0.4 is 15.0 Å². The van der Waals surface area contributed by atoms with Crippen LogP contribution in [0.25, 0.3) is 32.9 Å². The topological polar surface area (TPSA) is 86.6 Å². The molecule has 4 aromatic rings. The molecule has 8 nitrogen and oxygen atoms in total. The fourth-order valence-corrected chi connectivity index (χ4v) is 8.51. The summed E-state index contributed by atoms with van der Waals surface area (Å²) in [7, 11) is 0. The van der Waals surface area contributed by atoms with Crippen LogP contribution in [0.3, 0.4) is 0 Å². The second kappa shape index (κ2) is 11.2. The van der Waals surface area contributed by atoms with Crippen molar-refractivity contribution < 1.29 is 23.0 Å². The van der Waals surface area contributed by atoms with Crippen molar-refractivity contribution in [2.45, 2.75) is 69.7 Å². The molecule has 3 fully saturated rings. The lowest BCUT2D eigenvalue weighted by Gasteiger charge is -2.42. The molecule has 3 saturated heterocycles. The molecule has 0 unspecified atom stereocenters. The highest BCUT2D eigenvalue weighted by Crippen LogP contribution is 2.44. The number of aromatic nitrogens is 3. The zero-order valence-corrected chi connectivity index (χ0v) is 26.5. The number of pyridine rings is 1. The van der Waals surface area contributed by atoms with Crippen molar-refractivity contribution >= 4 is 27.5 Å². The molecule has 244 valence electrons. The maximum absolute atomic E-state index is 17.1. The van der Waals surface area contributed by atoms with Gasteiger partial charge in [0, 0.05) is 49.1 Å². The number of fused-ring (bicyclic) bond motifs is 4. The highest BCUT2D eigenvalue weighted by Gasteiger charge is 2.49. The number of hydrogen-bond donors (Lipinski definition) is 2. The molecule has 4 aliphatic heterocycles. The highest BCUT2D eigenvalue weighted by atomic mass is 19.1. The molecule has 0 radical (unpaired) electrons. The van der Waals surface area contributed by atoms with Gasteiger partial charge >= 0.3 is 6.01 Å². The summed E-state index contributed by atoms with van der Waals surface area (Å²) in [6, 6.07) is 5.86. The maximum atomic E-state index is 17.1. The molecule has 0 spiro atoms. The zero-order chi connectivity index (χ0) is 32.6. The van der Waals surface area contributed by atoms with Crippen LogP contribution in [-0.2, 0) is 6.42 Å². The van der Waals surface area contributed by atoms with E-state index in [1.165, 1.54) is 24.3 Å². The number of nitrogens with zero attached hydrogens (tertiary/aromatic N) is 5. The van der Waals surface area contributed by atoms with Gasteiger partial charge in [-0.15, -0.1) is 6.42 Å². The fourth-order valence-electron chi connectivity index (χ4n) is 8.51. The Morgan fingerprint density at radius 3 is 2.83 bits per heavy atom. The standard InChI is InChI=1S/C36H37F3N6O2/c1-4-22-17-45-28(15-40-22)19(3)11-27-30-33(42-35(43-34(30)45)47-18-36-9-6-10-44(36)16-21(37)14-36)31(39)32(41-27)25-13-23(46)12-20-7-8-26(38)24(5-2)29(20)25/h2,7-8,12-13,19,21-22,28,40,46H,4,6,9-11,14-18H2,1,3H3/t19-,21+,22+,28+,36-/m0/s1. The van der Waals surface area contributed by atoms with Crippen LogP contribution in [0.5, 0.6) is 11.8 Å². The van der Waals surface area contributed by atoms with Crippen molar-refractivity contribution in [2.75, 3.05) is 37.7 Å². The van der Waals surface area contributed by atoms with Gasteiger partial charge in [-0.2, -0.15) is 9.97 Å². The number of benzene rings is 2. The third-order valence-corrected chi connectivity index (χ3v) is 10.9. The monoisotopic (exact) mass is 642 g/mol. The van der Waals surface area contributed by atoms with Gasteiger partial charge in [-0.05, 0) is 61.7 Å². The lowest BCUT2D eigenvalue weighted by molar-refractivity contribution is 0.107. The van der Waals surface area contributed by atoms with Gasteiger partial charge in [0.2, 0.25) is 0 Å². The van der Waals surface area contributed by atoms with Crippen LogP contribution in [0.2, 0.25) is 0 Å². The normalized spacial score (nSPS) is 27.1. The number of hydrogen-bond acceptors (Lipinski definition) is 8. The van der Waals surface area contributed by atoms with E-state index in [9.17, 15) is 9.50 Å². The van der Waals surface area contributed by atoms with Gasteiger partial charge in [-0.3, -0.25) is 4.90 Å². The Morgan fingerprint density at radius 2 is 2.02 bits per heavy atom. The molecule has 0 bridgehead atoms. The average Bonchev–Trinajstić information content (AvgIpc) is 3.56. The summed E-state index contributed by atoms with van der Waals surface area (Å²) in [6.07, 6.45) is 8.42. The highest BCUT2D eigenvalue weighted by molar-refractivity contribution is 6.03. The van der Waals surface area contributed by atoms with Gasteiger partial charge in [0.25, 0.3) is 0 Å². The first kappa shape index (κ1) is 30.2. The van der Waals surface area contributed by atoms with E-state index in [0.717, 1.165) is 32.4 Å². The Morgan fingerprint density at radius 1 is 1.17 bits per heavy atom. The Balaban J connectivity index is 1.35. The summed E-state index contributed by atoms with van der Waals surface area (Å²) in [5.41, 5.74) is 0.263. The summed E-state index contributed by atoms with van der Waals surface area (Å²) in [6.45, 7) is 7.08. The number of aromatic hydroxyl groups is 1. The first-order chi connectivity index (χ1) is 22.7. The average molecular weight is 643 g/mol. The number of rotatable bonds is 5. The molecule has 0 aliphatic carbocycles.